The summed E-state index contributed by atoms with van der Waals surface area (Å²) in [5.41, 5.74) is 0. The zero-order valence-electron chi connectivity index (χ0n) is 10.5. The van der Waals surface area contributed by atoms with Gasteiger partial charge in [0, 0.05) is 24.6 Å². The lowest BCUT2D eigenvalue weighted by atomic mass is 10.2. The van der Waals surface area contributed by atoms with Gasteiger partial charge in [-0.2, -0.15) is 9.38 Å². The van der Waals surface area contributed by atoms with Crippen molar-refractivity contribution in [3.05, 3.63) is 21.7 Å². The molecule has 3 heterocycles. The molecule has 0 bridgehead atoms. The lowest BCUT2D eigenvalue weighted by Crippen LogP contribution is -2.34. The van der Waals surface area contributed by atoms with Crippen molar-refractivity contribution >= 4 is 27.9 Å². The van der Waals surface area contributed by atoms with Crippen molar-refractivity contribution in [2.24, 2.45) is 0 Å². The Balaban J connectivity index is 2.09. The third-order valence-corrected chi connectivity index (χ3v) is 4.11. The average molecular weight is 282 g/mol. The van der Waals surface area contributed by atoms with Crippen molar-refractivity contribution in [3.63, 3.8) is 0 Å². The second-order valence-electron chi connectivity index (χ2n) is 4.52. The Morgan fingerprint density at radius 1 is 1.58 bits per heavy atom. The first-order valence-electron chi connectivity index (χ1n) is 6.13. The predicted octanol–water partition coefficient (Wildman–Crippen LogP) is 1.92. The fraction of sp³-hybridized carbons (Fsp3) is 0.545. The van der Waals surface area contributed by atoms with E-state index < -0.39 is 0 Å². The molecule has 3 rings (SSSR count). The molecule has 2 aromatic rings. The molecule has 1 aliphatic rings. The molecule has 1 fully saturated rings. The third-order valence-electron chi connectivity index (χ3n) is 3.35. The molecule has 0 aliphatic carbocycles. The van der Waals surface area contributed by atoms with Gasteiger partial charge in [-0.25, -0.2) is 0 Å². The maximum Gasteiger partial charge on any atom is 0.373 e. The van der Waals surface area contributed by atoms with Gasteiger partial charge in [-0.05, 0) is 18.3 Å². The Morgan fingerprint density at radius 2 is 2.42 bits per heavy atom. The summed E-state index contributed by atoms with van der Waals surface area (Å²) in [6.45, 7) is 3.94. The lowest BCUT2D eigenvalue weighted by Gasteiger charge is -2.25. The van der Waals surface area contributed by atoms with E-state index in [-0.39, 0.29) is 16.8 Å². The van der Waals surface area contributed by atoms with Crippen molar-refractivity contribution < 1.29 is 9.66 Å². The highest BCUT2D eigenvalue weighted by molar-refractivity contribution is 7.15. The summed E-state index contributed by atoms with van der Waals surface area (Å²) >= 11 is 1.40. The van der Waals surface area contributed by atoms with Crippen LogP contribution in [0.15, 0.2) is 11.6 Å². The maximum absolute atomic E-state index is 11.3. The standard InChI is InChI=1S/C11H14N4O3S/c1-8-2-5-18-6-3-13(8)9-10(15(16)17)14-4-7-19-11(14)12-9/h4,7-8H,2-3,5-6H2,1H3/t8-/m0/s1. The van der Waals surface area contributed by atoms with E-state index in [4.69, 9.17) is 4.74 Å². The molecule has 0 saturated carbocycles. The van der Waals surface area contributed by atoms with E-state index in [9.17, 15) is 10.1 Å². The molecule has 7 nitrogen and oxygen atoms in total. The second-order valence-corrected chi connectivity index (χ2v) is 5.39. The zero-order chi connectivity index (χ0) is 13.4. The van der Waals surface area contributed by atoms with Crippen LogP contribution in [0.3, 0.4) is 0 Å². The van der Waals surface area contributed by atoms with Crippen molar-refractivity contribution in [1.29, 1.82) is 0 Å². The monoisotopic (exact) mass is 282 g/mol. The number of thiazole rings is 1. The first kappa shape index (κ1) is 12.4. The van der Waals surface area contributed by atoms with Crippen molar-refractivity contribution in [2.45, 2.75) is 19.4 Å². The van der Waals surface area contributed by atoms with Crippen LogP contribution in [0.4, 0.5) is 11.6 Å². The quantitative estimate of drug-likeness (QED) is 0.621. The van der Waals surface area contributed by atoms with E-state index in [1.54, 1.807) is 16.0 Å². The van der Waals surface area contributed by atoms with Gasteiger partial charge in [0.25, 0.3) is 4.96 Å². The van der Waals surface area contributed by atoms with Crippen LogP contribution in [0.5, 0.6) is 0 Å². The smallest absolute Gasteiger partial charge is 0.373 e. The van der Waals surface area contributed by atoms with E-state index in [1.165, 1.54) is 11.3 Å². The molecule has 0 unspecified atom stereocenters. The van der Waals surface area contributed by atoms with Crippen LogP contribution in [-0.4, -0.2) is 40.1 Å². The Kier molecular flexibility index (Phi) is 3.11. The molecule has 2 aromatic heterocycles. The van der Waals surface area contributed by atoms with Gasteiger partial charge >= 0.3 is 5.82 Å². The zero-order valence-corrected chi connectivity index (χ0v) is 11.3. The SMILES string of the molecule is C[C@H]1CCOCCN1c1nc2sccn2c1[N+](=O)[O-]. The summed E-state index contributed by atoms with van der Waals surface area (Å²) in [7, 11) is 0. The van der Waals surface area contributed by atoms with E-state index in [1.807, 2.05) is 11.8 Å². The van der Waals surface area contributed by atoms with Crippen LogP contribution in [-0.2, 0) is 4.74 Å². The van der Waals surface area contributed by atoms with E-state index in [0.717, 1.165) is 6.42 Å². The number of aromatic nitrogens is 2. The molecular weight excluding hydrogens is 268 g/mol. The number of imidazole rings is 1. The molecule has 1 saturated heterocycles. The number of hydrogen-bond donors (Lipinski definition) is 0. The first-order valence-corrected chi connectivity index (χ1v) is 7.01. The van der Waals surface area contributed by atoms with E-state index >= 15 is 0 Å². The Morgan fingerprint density at radius 3 is 3.21 bits per heavy atom. The molecule has 8 heteroatoms. The van der Waals surface area contributed by atoms with Gasteiger partial charge in [0.1, 0.15) is 6.20 Å². The minimum Gasteiger partial charge on any atom is -0.380 e. The van der Waals surface area contributed by atoms with Crippen LogP contribution in [0, 0.1) is 10.1 Å². The van der Waals surface area contributed by atoms with Gasteiger partial charge in [-0.3, -0.25) is 0 Å². The minimum atomic E-state index is -0.361. The van der Waals surface area contributed by atoms with E-state index in [0.29, 0.717) is 30.5 Å². The highest BCUT2D eigenvalue weighted by atomic mass is 32.1. The van der Waals surface area contributed by atoms with Crippen molar-refractivity contribution in [1.82, 2.24) is 9.38 Å². The summed E-state index contributed by atoms with van der Waals surface area (Å²) in [5, 5.41) is 13.1. The molecular formula is C11H14N4O3S. The third kappa shape index (κ3) is 2.06. The molecule has 0 aromatic carbocycles. The highest BCUT2D eigenvalue weighted by Gasteiger charge is 2.31. The number of nitro groups is 1. The number of ether oxygens (including phenoxy) is 1. The fourth-order valence-electron chi connectivity index (χ4n) is 2.33. The minimum absolute atomic E-state index is 0.0463. The lowest BCUT2D eigenvalue weighted by molar-refractivity contribution is -0.389. The maximum atomic E-state index is 11.3. The molecule has 1 atom stereocenters. The summed E-state index contributed by atoms with van der Waals surface area (Å²) < 4.78 is 6.97. The predicted molar refractivity (Wildman–Crippen MR) is 72.0 cm³/mol. The number of fused-ring (bicyclic) bond motifs is 1. The van der Waals surface area contributed by atoms with Gasteiger partial charge in [0.05, 0.1) is 6.61 Å². The Labute approximate surface area is 113 Å². The van der Waals surface area contributed by atoms with Crippen LogP contribution < -0.4 is 4.90 Å². The summed E-state index contributed by atoms with van der Waals surface area (Å²) in [6.07, 6.45) is 2.54. The number of hydrogen-bond acceptors (Lipinski definition) is 6. The second kappa shape index (κ2) is 4.78. The number of anilines is 1. The van der Waals surface area contributed by atoms with Crippen LogP contribution in [0.2, 0.25) is 0 Å². The Bertz CT molecular complexity index is 608. The van der Waals surface area contributed by atoms with Crippen molar-refractivity contribution in [3.8, 4) is 0 Å². The fourth-order valence-corrected chi connectivity index (χ4v) is 3.04. The Hall–Kier alpha value is -1.67. The average Bonchev–Trinajstić information content (AvgIpc) is 2.86. The van der Waals surface area contributed by atoms with Gasteiger partial charge in [-0.1, -0.05) is 11.3 Å². The number of nitrogens with zero attached hydrogens (tertiary/aromatic N) is 4. The first-order chi connectivity index (χ1) is 9.18. The van der Waals surface area contributed by atoms with Gasteiger partial charge in [-0.15, -0.1) is 0 Å². The van der Waals surface area contributed by atoms with Crippen LogP contribution in [0.25, 0.3) is 4.96 Å². The summed E-state index contributed by atoms with van der Waals surface area (Å²) in [4.78, 5) is 18.0. The topological polar surface area (TPSA) is 72.9 Å². The molecule has 1 aliphatic heterocycles. The molecule has 0 spiro atoms. The van der Waals surface area contributed by atoms with Gasteiger partial charge in [0.2, 0.25) is 5.82 Å². The van der Waals surface area contributed by atoms with Gasteiger partial charge < -0.3 is 19.8 Å². The molecule has 0 radical (unpaired) electrons. The molecule has 0 N–H and O–H groups in total. The van der Waals surface area contributed by atoms with Gasteiger partial charge in [0.15, 0.2) is 0 Å². The highest BCUT2D eigenvalue weighted by Crippen LogP contribution is 2.32. The summed E-state index contributed by atoms with van der Waals surface area (Å²) in [5.74, 6) is 0.500. The van der Waals surface area contributed by atoms with E-state index in [2.05, 4.69) is 4.98 Å². The number of rotatable bonds is 2. The molecule has 19 heavy (non-hydrogen) atoms. The largest absolute Gasteiger partial charge is 0.380 e. The normalized spacial score (nSPS) is 20.7. The van der Waals surface area contributed by atoms with Crippen LogP contribution in [0.1, 0.15) is 13.3 Å². The van der Waals surface area contributed by atoms with Crippen LogP contribution >= 0.6 is 11.3 Å². The van der Waals surface area contributed by atoms with Crippen molar-refractivity contribution in [2.75, 3.05) is 24.7 Å². The molecule has 0 amide bonds. The molecule has 102 valence electrons. The summed E-state index contributed by atoms with van der Waals surface area (Å²) in [6, 6.07) is 0.186.